The second kappa shape index (κ2) is 2.96. The summed E-state index contributed by atoms with van der Waals surface area (Å²) in [7, 11) is 1.51. The Morgan fingerprint density at radius 2 is 2.14 bits per heavy atom. The number of hydrogen-bond acceptors (Lipinski definition) is 4. The molecular formula is C8H6ClNO3S. The van der Waals surface area contributed by atoms with Gasteiger partial charge in [-0.15, -0.1) is 0 Å². The SMILES string of the molecule is Cc1onc2ccc(S(=O)(=O)Cl)cc12. The van der Waals surface area contributed by atoms with E-state index in [4.69, 9.17) is 15.2 Å². The third kappa shape index (κ3) is 1.49. The molecule has 0 saturated carbocycles. The van der Waals surface area contributed by atoms with Gasteiger partial charge in [-0.25, -0.2) is 8.42 Å². The Morgan fingerprint density at radius 3 is 2.79 bits per heavy atom. The van der Waals surface area contributed by atoms with E-state index in [1.54, 1.807) is 13.0 Å². The third-order valence-electron chi connectivity index (χ3n) is 1.91. The summed E-state index contributed by atoms with van der Waals surface area (Å²) < 4.78 is 26.9. The Labute approximate surface area is 84.9 Å². The highest BCUT2D eigenvalue weighted by Crippen LogP contribution is 2.23. The first-order valence-electron chi connectivity index (χ1n) is 3.79. The first-order chi connectivity index (χ1) is 6.48. The van der Waals surface area contributed by atoms with Gasteiger partial charge in [0.25, 0.3) is 9.05 Å². The lowest BCUT2D eigenvalue weighted by atomic mass is 10.2. The molecule has 1 aromatic heterocycles. The average Bonchev–Trinajstić information content (AvgIpc) is 2.46. The van der Waals surface area contributed by atoms with Gasteiger partial charge in [0.15, 0.2) is 0 Å². The molecule has 0 aliphatic heterocycles. The maximum Gasteiger partial charge on any atom is 0.261 e. The van der Waals surface area contributed by atoms with Crippen LogP contribution in [0.4, 0.5) is 0 Å². The molecule has 14 heavy (non-hydrogen) atoms. The van der Waals surface area contributed by atoms with E-state index in [0.29, 0.717) is 16.7 Å². The van der Waals surface area contributed by atoms with E-state index in [0.717, 1.165) is 0 Å². The second-order valence-corrected chi connectivity index (χ2v) is 5.42. The number of hydrogen-bond donors (Lipinski definition) is 0. The van der Waals surface area contributed by atoms with Crippen molar-refractivity contribution >= 4 is 30.6 Å². The van der Waals surface area contributed by atoms with E-state index >= 15 is 0 Å². The predicted octanol–water partition coefficient (Wildman–Crippen LogP) is 2.06. The Kier molecular flexibility index (Phi) is 2.01. The molecule has 2 rings (SSSR count). The summed E-state index contributed by atoms with van der Waals surface area (Å²) in [5.41, 5.74) is 0.617. The number of nitrogens with zero attached hydrogens (tertiary/aromatic N) is 1. The molecule has 6 heteroatoms. The van der Waals surface area contributed by atoms with E-state index in [1.165, 1.54) is 12.1 Å². The fourth-order valence-corrected chi connectivity index (χ4v) is 1.97. The molecule has 0 fully saturated rings. The summed E-state index contributed by atoms with van der Waals surface area (Å²) in [5.74, 6) is 0.571. The highest BCUT2D eigenvalue weighted by Gasteiger charge is 2.12. The summed E-state index contributed by atoms with van der Waals surface area (Å²) in [4.78, 5) is 0.0537. The zero-order valence-corrected chi connectivity index (χ0v) is 8.76. The molecule has 0 unspecified atom stereocenters. The third-order valence-corrected chi connectivity index (χ3v) is 3.26. The van der Waals surface area contributed by atoms with Gasteiger partial charge in [0.1, 0.15) is 11.3 Å². The Bertz CT molecular complexity index is 588. The van der Waals surface area contributed by atoms with Crippen LogP contribution in [0.2, 0.25) is 0 Å². The van der Waals surface area contributed by atoms with Gasteiger partial charge >= 0.3 is 0 Å². The van der Waals surface area contributed by atoms with E-state index < -0.39 is 9.05 Å². The van der Waals surface area contributed by atoms with Crippen molar-refractivity contribution < 1.29 is 12.9 Å². The molecule has 4 nitrogen and oxygen atoms in total. The highest BCUT2D eigenvalue weighted by atomic mass is 35.7. The molecule has 2 aromatic rings. The van der Waals surface area contributed by atoms with Gasteiger partial charge in [-0.05, 0) is 25.1 Å². The molecular weight excluding hydrogens is 226 g/mol. The molecule has 74 valence electrons. The van der Waals surface area contributed by atoms with Crippen LogP contribution >= 0.6 is 10.7 Å². The fourth-order valence-electron chi connectivity index (χ4n) is 1.20. The maximum atomic E-state index is 11.0. The molecule has 0 N–H and O–H groups in total. The van der Waals surface area contributed by atoms with Gasteiger partial charge < -0.3 is 4.52 Å². The van der Waals surface area contributed by atoms with Gasteiger partial charge in [-0.3, -0.25) is 0 Å². The number of halogens is 1. The average molecular weight is 232 g/mol. The second-order valence-electron chi connectivity index (χ2n) is 2.86. The van der Waals surface area contributed by atoms with Crippen molar-refractivity contribution in [2.45, 2.75) is 11.8 Å². The monoisotopic (exact) mass is 231 g/mol. The van der Waals surface area contributed by atoms with E-state index in [2.05, 4.69) is 5.16 Å². The number of aromatic nitrogens is 1. The topological polar surface area (TPSA) is 60.2 Å². The minimum atomic E-state index is -3.69. The lowest BCUT2D eigenvalue weighted by Crippen LogP contribution is -1.89. The summed E-state index contributed by atoms with van der Waals surface area (Å²) in [6.07, 6.45) is 0. The molecule has 0 bridgehead atoms. The minimum Gasteiger partial charge on any atom is -0.360 e. The van der Waals surface area contributed by atoms with Crippen molar-refractivity contribution in [2.24, 2.45) is 0 Å². The summed E-state index contributed by atoms with van der Waals surface area (Å²) in [6.45, 7) is 1.71. The van der Waals surface area contributed by atoms with E-state index in [1.807, 2.05) is 0 Å². The van der Waals surface area contributed by atoms with Crippen molar-refractivity contribution in [3.63, 3.8) is 0 Å². The van der Waals surface area contributed by atoms with Crippen LogP contribution in [0, 0.1) is 6.92 Å². The summed E-state index contributed by atoms with van der Waals surface area (Å²) >= 11 is 0. The molecule has 1 aromatic carbocycles. The minimum absolute atomic E-state index is 0.0537. The first kappa shape index (κ1) is 9.48. The van der Waals surface area contributed by atoms with Crippen LogP contribution < -0.4 is 0 Å². The fraction of sp³-hybridized carbons (Fsp3) is 0.125. The van der Waals surface area contributed by atoms with Crippen LogP contribution in [0.25, 0.3) is 10.9 Å². The zero-order valence-electron chi connectivity index (χ0n) is 7.19. The van der Waals surface area contributed by atoms with Gasteiger partial charge in [-0.1, -0.05) is 5.16 Å². The van der Waals surface area contributed by atoms with Crippen molar-refractivity contribution in [1.29, 1.82) is 0 Å². The number of aryl methyl sites for hydroxylation is 1. The van der Waals surface area contributed by atoms with Crippen LogP contribution in [0.5, 0.6) is 0 Å². The number of fused-ring (bicyclic) bond motifs is 1. The predicted molar refractivity (Wildman–Crippen MR) is 51.8 cm³/mol. The quantitative estimate of drug-likeness (QED) is 0.705. The molecule has 0 amide bonds. The molecule has 0 atom stereocenters. The standard InChI is InChI=1S/C8H6ClNO3S/c1-5-7-4-6(14(9,11)12)2-3-8(7)10-13-5/h2-4H,1H3. The molecule has 1 heterocycles. The zero-order chi connectivity index (χ0) is 10.3. The first-order valence-corrected chi connectivity index (χ1v) is 6.10. The highest BCUT2D eigenvalue weighted by molar-refractivity contribution is 8.13. The lowest BCUT2D eigenvalue weighted by Gasteiger charge is -1.94. The van der Waals surface area contributed by atoms with Crippen LogP contribution in [-0.2, 0) is 9.05 Å². The molecule has 0 aliphatic carbocycles. The van der Waals surface area contributed by atoms with Crippen molar-refractivity contribution in [2.75, 3.05) is 0 Å². The molecule has 0 saturated heterocycles. The van der Waals surface area contributed by atoms with Gasteiger partial charge in [0.05, 0.1) is 4.90 Å². The normalized spacial score (nSPS) is 12.1. The van der Waals surface area contributed by atoms with Gasteiger partial charge in [0, 0.05) is 16.1 Å². The van der Waals surface area contributed by atoms with Crippen molar-refractivity contribution in [3.8, 4) is 0 Å². The van der Waals surface area contributed by atoms with Crippen molar-refractivity contribution in [3.05, 3.63) is 24.0 Å². The van der Waals surface area contributed by atoms with Crippen LogP contribution in [0.1, 0.15) is 5.76 Å². The Morgan fingerprint density at radius 1 is 1.43 bits per heavy atom. The lowest BCUT2D eigenvalue weighted by molar-refractivity contribution is 0.405. The summed E-state index contributed by atoms with van der Waals surface area (Å²) in [5, 5.41) is 4.39. The largest absolute Gasteiger partial charge is 0.360 e. The summed E-state index contributed by atoms with van der Waals surface area (Å²) in [6, 6.07) is 4.40. The number of rotatable bonds is 1. The van der Waals surface area contributed by atoms with E-state index in [9.17, 15) is 8.42 Å². The van der Waals surface area contributed by atoms with Crippen LogP contribution in [0.3, 0.4) is 0 Å². The Hall–Kier alpha value is -1.07. The van der Waals surface area contributed by atoms with E-state index in [-0.39, 0.29) is 4.90 Å². The molecule has 0 radical (unpaired) electrons. The maximum absolute atomic E-state index is 11.0. The van der Waals surface area contributed by atoms with Gasteiger partial charge in [-0.2, -0.15) is 0 Å². The smallest absolute Gasteiger partial charge is 0.261 e. The Balaban J connectivity index is 2.79. The van der Waals surface area contributed by atoms with Crippen molar-refractivity contribution in [1.82, 2.24) is 5.16 Å². The molecule has 0 aliphatic rings. The van der Waals surface area contributed by atoms with Crippen LogP contribution in [0.15, 0.2) is 27.6 Å². The van der Waals surface area contributed by atoms with Gasteiger partial charge in [0.2, 0.25) is 0 Å². The molecule has 0 spiro atoms. The van der Waals surface area contributed by atoms with Crippen LogP contribution in [-0.4, -0.2) is 13.6 Å². The number of benzene rings is 1.